The third-order valence-corrected chi connectivity index (χ3v) is 6.69. The molecule has 0 amide bonds. The number of phenolic OH excluding ortho intramolecular Hbond substituents is 1. The van der Waals surface area contributed by atoms with Crippen molar-refractivity contribution in [3.63, 3.8) is 0 Å². The molecule has 2 unspecified atom stereocenters. The van der Waals surface area contributed by atoms with E-state index in [1.165, 1.54) is 6.07 Å². The Morgan fingerprint density at radius 3 is 2.64 bits per heavy atom. The molecule has 2 N–H and O–H groups in total. The number of fused-ring (bicyclic) bond motifs is 1. The first-order valence-electron chi connectivity index (χ1n) is 11.3. The van der Waals surface area contributed by atoms with Gasteiger partial charge < -0.3 is 19.6 Å². The van der Waals surface area contributed by atoms with Crippen molar-refractivity contribution in [2.45, 2.75) is 51.7 Å². The summed E-state index contributed by atoms with van der Waals surface area (Å²) >= 11 is 0. The predicted octanol–water partition coefficient (Wildman–Crippen LogP) is 6.21. The van der Waals surface area contributed by atoms with Crippen LogP contribution >= 0.6 is 0 Å². The Balaban J connectivity index is 1.41. The molecule has 0 saturated carbocycles. The van der Waals surface area contributed by atoms with Crippen molar-refractivity contribution in [3.8, 4) is 5.75 Å². The van der Waals surface area contributed by atoms with Crippen LogP contribution in [0.1, 0.15) is 48.3 Å². The largest absolute Gasteiger partial charge is 0.508 e. The van der Waals surface area contributed by atoms with Crippen molar-refractivity contribution in [1.29, 1.82) is 0 Å². The number of aryl methyl sites for hydroxylation is 1. The zero-order valence-electron chi connectivity index (χ0n) is 18.6. The second-order valence-electron chi connectivity index (χ2n) is 9.17. The summed E-state index contributed by atoms with van der Waals surface area (Å²) in [5.74, 6) is 1.61. The number of ether oxygens (including phenoxy) is 1. The van der Waals surface area contributed by atoms with Gasteiger partial charge in [0.05, 0.1) is 5.56 Å². The van der Waals surface area contributed by atoms with Crippen LogP contribution in [0.25, 0.3) is 11.0 Å². The summed E-state index contributed by atoms with van der Waals surface area (Å²) < 4.78 is 50.9. The molecule has 2 atom stereocenters. The molecule has 3 heterocycles. The number of furan rings is 1. The minimum Gasteiger partial charge on any atom is -0.508 e. The average Bonchev–Trinajstić information content (AvgIpc) is 3.42. The van der Waals surface area contributed by atoms with E-state index in [0.29, 0.717) is 29.5 Å². The fourth-order valence-corrected chi connectivity index (χ4v) is 4.73. The number of likely N-dealkylation sites (tertiary alicyclic amines) is 1. The molecule has 0 radical (unpaired) electrons. The number of hydrogen-bond acceptors (Lipinski definition) is 5. The second kappa shape index (κ2) is 8.25. The summed E-state index contributed by atoms with van der Waals surface area (Å²) in [5, 5.41) is 14.6. The van der Waals surface area contributed by atoms with Gasteiger partial charge in [0.25, 0.3) is 0 Å². The number of benzene rings is 2. The fraction of sp³-hybridized carbons (Fsp3) is 0.440. The lowest BCUT2D eigenvalue weighted by atomic mass is 9.97. The van der Waals surface area contributed by atoms with Crippen LogP contribution in [0.5, 0.6) is 5.75 Å². The molecule has 2 aromatic carbocycles. The third kappa shape index (κ3) is 4.42. The lowest BCUT2D eigenvalue weighted by Gasteiger charge is -2.30. The molecule has 1 aromatic heterocycles. The first kappa shape index (κ1) is 22.1. The normalized spacial score (nSPS) is 22.1. The van der Waals surface area contributed by atoms with Crippen LogP contribution in [-0.4, -0.2) is 29.3 Å². The first-order chi connectivity index (χ1) is 15.7. The SMILES string of the molecule is Cc1oc2ccc(O)c(CN3CCC(C)CC3)c2c1C1OC1Nc1cccc(C(F)(F)F)c1. The molecule has 33 heavy (non-hydrogen) atoms. The van der Waals surface area contributed by atoms with Crippen molar-refractivity contribution >= 4 is 16.7 Å². The highest BCUT2D eigenvalue weighted by atomic mass is 19.4. The summed E-state index contributed by atoms with van der Waals surface area (Å²) in [6.45, 7) is 6.67. The average molecular weight is 460 g/mol. The van der Waals surface area contributed by atoms with Crippen molar-refractivity contribution in [3.05, 3.63) is 58.8 Å². The molecule has 3 aromatic rings. The number of aromatic hydroxyl groups is 1. The Kier molecular flexibility index (Phi) is 5.53. The number of alkyl halides is 3. The molecule has 2 saturated heterocycles. The second-order valence-corrected chi connectivity index (χ2v) is 9.17. The maximum absolute atomic E-state index is 13.0. The van der Waals surface area contributed by atoms with E-state index < -0.39 is 18.0 Å². The minimum absolute atomic E-state index is 0.214. The van der Waals surface area contributed by atoms with Gasteiger partial charge in [-0.3, -0.25) is 4.90 Å². The molecule has 5 nitrogen and oxygen atoms in total. The van der Waals surface area contributed by atoms with Gasteiger partial charge in [0, 0.05) is 28.7 Å². The number of phenols is 1. The number of anilines is 1. The number of piperidine rings is 1. The third-order valence-electron chi connectivity index (χ3n) is 6.69. The Labute approximate surface area is 190 Å². The molecule has 8 heteroatoms. The van der Waals surface area contributed by atoms with Crippen LogP contribution in [0.2, 0.25) is 0 Å². The number of epoxide rings is 1. The number of halogens is 3. The van der Waals surface area contributed by atoms with Gasteiger partial charge in [-0.05, 0) is 69.1 Å². The maximum Gasteiger partial charge on any atom is 0.416 e. The monoisotopic (exact) mass is 460 g/mol. The van der Waals surface area contributed by atoms with E-state index in [2.05, 4.69) is 17.1 Å². The molecule has 5 rings (SSSR count). The molecule has 0 spiro atoms. The van der Waals surface area contributed by atoms with Crippen molar-refractivity contribution in [2.24, 2.45) is 5.92 Å². The molecule has 2 fully saturated rings. The van der Waals surface area contributed by atoms with E-state index in [-0.39, 0.29) is 11.9 Å². The van der Waals surface area contributed by atoms with Crippen LogP contribution in [-0.2, 0) is 17.5 Å². The number of nitrogens with one attached hydrogen (secondary N) is 1. The van der Waals surface area contributed by atoms with Crippen molar-refractivity contribution in [1.82, 2.24) is 4.90 Å². The van der Waals surface area contributed by atoms with Gasteiger partial charge in [-0.1, -0.05) is 13.0 Å². The number of nitrogens with zero attached hydrogens (tertiary/aromatic N) is 1. The van der Waals surface area contributed by atoms with Crippen LogP contribution in [0, 0.1) is 12.8 Å². The molecule has 2 aliphatic rings. The smallest absolute Gasteiger partial charge is 0.416 e. The molecule has 0 aliphatic carbocycles. The van der Waals surface area contributed by atoms with Gasteiger partial charge >= 0.3 is 6.18 Å². The Bertz CT molecular complexity index is 1170. The zero-order valence-corrected chi connectivity index (χ0v) is 18.6. The van der Waals surface area contributed by atoms with Crippen LogP contribution in [0.3, 0.4) is 0 Å². The molecule has 0 bridgehead atoms. The number of hydrogen-bond donors (Lipinski definition) is 2. The molecular weight excluding hydrogens is 433 g/mol. The standard InChI is InChI=1S/C25H27F3N2O3/c1-14-8-10-30(11-9-14)13-18-19(31)6-7-20-22(18)21(15(2)32-20)23-24(33-23)29-17-5-3-4-16(12-17)25(26,27)28/h3-7,12,14,23-24,29,31H,8-11,13H2,1-2H3. The maximum atomic E-state index is 13.0. The van der Waals surface area contributed by atoms with E-state index in [1.807, 2.05) is 6.92 Å². The topological polar surface area (TPSA) is 61.2 Å². The Morgan fingerprint density at radius 2 is 1.91 bits per heavy atom. The van der Waals surface area contributed by atoms with Crippen LogP contribution in [0.4, 0.5) is 18.9 Å². The quantitative estimate of drug-likeness (QED) is 0.444. The fourth-order valence-electron chi connectivity index (χ4n) is 4.73. The molecular formula is C25H27F3N2O3. The van der Waals surface area contributed by atoms with E-state index in [1.54, 1.807) is 18.2 Å². The summed E-state index contributed by atoms with van der Waals surface area (Å²) in [6, 6.07) is 8.48. The van der Waals surface area contributed by atoms with Crippen molar-refractivity contribution < 1.29 is 27.4 Å². The highest BCUT2D eigenvalue weighted by Crippen LogP contribution is 2.47. The summed E-state index contributed by atoms with van der Waals surface area (Å²) in [4.78, 5) is 2.34. The van der Waals surface area contributed by atoms with E-state index in [0.717, 1.165) is 54.6 Å². The van der Waals surface area contributed by atoms with E-state index in [4.69, 9.17) is 9.15 Å². The van der Waals surface area contributed by atoms with Gasteiger partial charge in [-0.25, -0.2) is 0 Å². The predicted molar refractivity (Wildman–Crippen MR) is 119 cm³/mol. The Morgan fingerprint density at radius 1 is 1.15 bits per heavy atom. The van der Waals surface area contributed by atoms with Gasteiger partial charge in [0.15, 0.2) is 6.23 Å². The van der Waals surface area contributed by atoms with E-state index in [9.17, 15) is 18.3 Å². The lowest BCUT2D eigenvalue weighted by Crippen LogP contribution is -2.32. The van der Waals surface area contributed by atoms with Gasteiger partial charge in [0.1, 0.15) is 23.2 Å². The lowest BCUT2D eigenvalue weighted by molar-refractivity contribution is -0.137. The van der Waals surface area contributed by atoms with Gasteiger partial charge in [-0.2, -0.15) is 13.2 Å². The Hall–Kier alpha value is -2.71. The van der Waals surface area contributed by atoms with Crippen molar-refractivity contribution in [2.75, 3.05) is 18.4 Å². The number of rotatable bonds is 5. The van der Waals surface area contributed by atoms with E-state index >= 15 is 0 Å². The summed E-state index contributed by atoms with van der Waals surface area (Å²) in [7, 11) is 0. The van der Waals surface area contributed by atoms with Gasteiger partial charge in [0.2, 0.25) is 0 Å². The summed E-state index contributed by atoms with van der Waals surface area (Å²) in [5.41, 5.74) is 1.95. The van der Waals surface area contributed by atoms with Crippen LogP contribution < -0.4 is 5.32 Å². The van der Waals surface area contributed by atoms with Gasteiger partial charge in [-0.15, -0.1) is 0 Å². The molecule has 2 aliphatic heterocycles. The highest BCUT2D eigenvalue weighted by Gasteiger charge is 2.44. The van der Waals surface area contributed by atoms with Crippen LogP contribution in [0.15, 0.2) is 40.8 Å². The first-order valence-corrected chi connectivity index (χ1v) is 11.3. The minimum atomic E-state index is -4.41. The molecule has 176 valence electrons. The zero-order chi connectivity index (χ0) is 23.3. The summed E-state index contributed by atoms with van der Waals surface area (Å²) in [6.07, 6.45) is -3.00. The highest BCUT2D eigenvalue weighted by molar-refractivity contribution is 5.88.